The summed E-state index contributed by atoms with van der Waals surface area (Å²) in [6, 6.07) is 56.8. The van der Waals surface area contributed by atoms with Crippen LogP contribution in [0.25, 0.3) is 0 Å². The van der Waals surface area contributed by atoms with Gasteiger partial charge in [0.1, 0.15) is 46.0 Å². The second-order valence-electron chi connectivity index (χ2n) is 16.3. The Bertz CT molecular complexity index is 2860. The van der Waals surface area contributed by atoms with Crippen molar-refractivity contribution in [1.82, 2.24) is 0 Å². The Hall–Kier alpha value is -7.84. The van der Waals surface area contributed by atoms with Crippen molar-refractivity contribution in [1.29, 1.82) is 0 Å². The lowest BCUT2D eigenvalue weighted by Crippen LogP contribution is -2.21. The van der Waals surface area contributed by atoms with Gasteiger partial charge in [-0.05, 0) is 46.5 Å². The van der Waals surface area contributed by atoms with Crippen LogP contribution in [0.1, 0.15) is 90.4 Å². The lowest BCUT2D eigenvalue weighted by atomic mass is 9.75. The predicted octanol–water partition coefficient (Wildman–Crippen LogP) is 11.3. The van der Waals surface area contributed by atoms with Gasteiger partial charge < -0.3 is 38.6 Å². The molecule has 3 heterocycles. The van der Waals surface area contributed by atoms with Gasteiger partial charge in [0.2, 0.25) is 20.4 Å². The minimum absolute atomic E-state index is 0.0185. The third kappa shape index (κ3) is 6.20. The normalized spacial score (nSPS) is 18.9. The number of benzene rings is 8. The van der Waals surface area contributed by atoms with E-state index in [1.165, 1.54) is 0 Å². The summed E-state index contributed by atoms with van der Waals surface area (Å²) in [6.45, 7) is -0.281. The smallest absolute Gasteiger partial charge is 0.230 e. The van der Waals surface area contributed by atoms with Crippen LogP contribution in [0.15, 0.2) is 170 Å². The molecule has 2 N–H and O–H groups in total. The maximum Gasteiger partial charge on any atom is 0.230 e. The van der Waals surface area contributed by atoms with Gasteiger partial charge >= 0.3 is 0 Å². The summed E-state index contributed by atoms with van der Waals surface area (Å²) in [5.74, 6) is 1.61. The van der Waals surface area contributed by atoms with Gasteiger partial charge in [0.25, 0.3) is 0 Å². The van der Waals surface area contributed by atoms with Gasteiger partial charge in [0.15, 0.2) is 0 Å². The fourth-order valence-electron chi connectivity index (χ4n) is 10.1. The number of aromatic hydroxyl groups is 2. The van der Waals surface area contributed by atoms with Crippen LogP contribution in [0.2, 0.25) is 0 Å². The van der Waals surface area contributed by atoms with E-state index in [4.69, 9.17) is 28.4 Å². The number of phenolic OH excluding ortho intramolecular Hbond substituents is 2. The minimum Gasteiger partial charge on any atom is -0.507 e. The Balaban J connectivity index is 1.26. The summed E-state index contributed by atoms with van der Waals surface area (Å²) < 4.78 is 39.0. The Kier molecular flexibility index (Phi) is 8.78. The highest BCUT2D eigenvalue weighted by molar-refractivity contribution is 5.68. The van der Waals surface area contributed by atoms with Crippen LogP contribution in [-0.2, 0) is 0 Å². The van der Waals surface area contributed by atoms with Crippen molar-refractivity contribution in [3.63, 3.8) is 0 Å². The highest BCUT2D eigenvalue weighted by Crippen LogP contribution is 2.55. The quantitative estimate of drug-likeness (QED) is 0.181. The van der Waals surface area contributed by atoms with Crippen LogP contribution < -0.4 is 28.4 Å². The summed E-state index contributed by atoms with van der Waals surface area (Å²) in [4.78, 5) is 0. The molecule has 0 fully saturated rings. The summed E-state index contributed by atoms with van der Waals surface area (Å²) in [5, 5.41) is 24.6. The second kappa shape index (κ2) is 15.0. The highest BCUT2D eigenvalue weighted by Gasteiger charge is 2.38. The van der Waals surface area contributed by atoms with Gasteiger partial charge in [-0.3, -0.25) is 0 Å². The van der Waals surface area contributed by atoms with E-state index in [0.29, 0.717) is 45.6 Å². The summed E-state index contributed by atoms with van der Waals surface area (Å²) in [7, 11) is 0. The monoisotopic (exact) mass is 828 g/mol. The van der Waals surface area contributed by atoms with E-state index >= 15 is 0 Å². The number of phenols is 2. The van der Waals surface area contributed by atoms with E-state index in [2.05, 4.69) is 60.7 Å². The molecule has 0 saturated heterocycles. The Morgan fingerprint density at radius 3 is 0.762 bits per heavy atom. The molecule has 8 bridgehead atoms. The van der Waals surface area contributed by atoms with Crippen LogP contribution in [0.3, 0.4) is 0 Å². The van der Waals surface area contributed by atoms with Gasteiger partial charge in [-0.2, -0.15) is 0 Å². The highest BCUT2D eigenvalue weighted by atomic mass is 16.7. The van der Waals surface area contributed by atoms with E-state index in [1.54, 1.807) is 12.1 Å². The molecule has 3 aliphatic heterocycles. The molecular formula is C55H40O8. The summed E-state index contributed by atoms with van der Waals surface area (Å²) in [6.07, 6.45) is 0. The fraction of sp³-hybridized carbons (Fsp3) is 0.127. The molecule has 0 spiro atoms. The Morgan fingerprint density at radius 1 is 0.270 bits per heavy atom. The van der Waals surface area contributed by atoms with E-state index in [9.17, 15) is 10.2 Å². The SMILES string of the molecule is Oc1cc2c3cc1C(c1ccccc1)c1cc4c(cc1O)OCOc1cc5c(cc1[C@H]4c1ccccc1)C(c1ccccc1)c1cc(c(cc1OCO5)OCO2)[C@@H]3c1ccccc1. The van der Waals surface area contributed by atoms with Gasteiger partial charge in [0, 0.05) is 92.4 Å². The molecule has 4 aliphatic rings. The van der Waals surface area contributed by atoms with Crippen molar-refractivity contribution in [2.45, 2.75) is 23.7 Å². The maximum atomic E-state index is 12.3. The van der Waals surface area contributed by atoms with Crippen molar-refractivity contribution >= 4 is 0 Å². The molecule has 308 valence electrons. The molecule has 1 aliphatic carbocycles. The molecule has 0 amide bonds. The van der Waals surface area contributed by atoms with E-state index in [-0.39, 0.29) is 37.8 Å². The van der Waals surface area contributed by atoms with E-state index < -0.39 is 17.8 Å². The summed E-state index contributed by atoms with van der Waals surface area (Å²) in [5.41, 5.74) is 10.5. The van der Waals surface area contributed by atoms with Crippen molar-refractivity contribution in [2.24, 2.45) is 0 Å². The van der Waals surface area contributed by atoms with Crippen molar-refractivity contribution in [2.75, 3.05) is 20.4 Å². The van der Waals surface area contributed by atoms with Crippen molar-refractivity contribution in [3.8, 4) is 46.0 Å². The molecule has 0 radical (unpaired) electrons. The zero-order chi connectivity index (χ0) is 42.0. The zero-order valence-corrected chi connectivity index (χ0v) is 33.9. The van der Waals surface area contributed by atoms with Crippen LogP contribution in [0.4, 0.5) is 0 Å². The molecule has 4 atom stereocenters. The number of rotatable bonds is 4. The lowest BCUT2D eigenvalue weighted by molar-refractivity contribution is 0.104. The molecule has 0 saturated carbocycles. The topological polar surface area (TPSA) is 95.8 Å². The number of ether oxygens (including phenoxy) is 6. The standard InChI is InChI=1S/C55H40O8/c56-44-25-46-38-21-36(44)52(32-13-5-1-6-14-32)37-22-39-47(26-45(37)57)59-30-61-49-28-51-43(24-41(49)54(39)34-17-9-3-10-18-34)55(35-19-11-4-12-20-35)42-23-40(53(38)33-15-7-2-8-16-33)48(60-29-58-46)27-50(42)62-31-63-51/h1-28,52-57H,29-31H2/t52?,53-,54+,55?. The maximum absolute atomic E-state index is 12.3. The molecule has 12 rings (SSSR count). The molecule has 8 heteroatoms. The van der Waals surface area contributed by atoms with Crippen LogP contribution >= 0.6 is 0 Å². The van der Waals surface area contributed by atoms with Crippen molar-refractivity contribution in [3.05, 3.63) is 237 Å². The first-order valence-electron chi connectivity index (χ1n) is 21.1. The molecule has 63 heavy (non-hydrogen) atoms. The van der Waals surface area contributed by atoms with Crippen LogP contribution in [0, 0.1) is 0 Å². The number of hydrogen-bond donors (Lipinski definition) is 2. The predicted molar refractivity (Wildman–Crippen MR) is 237 cm³/mol. The average molecular weight is 829 g/mol. The average Bonchev–Trinajstić information content (AvgIpc) is 3.30. The molecule has 8 aromatic rings. The molecule has 8 aromatic carbocycles. The molecule has 2 unspecified atom stereocenters. The number of fused-ring (bicyclic) bond motifs is 2. The zero-order valence-electron chi connectivity index (χ0n) is 33.9. The van der Waals surface area contributed by atoms with E-state index in [0.717, 1.165) is 55.6 Å². The van der Waals surface area contributed by atoms with Crippen LogP contribution in [-0.4, -0.2) is 30.6 Å². The third-order valence-electron chi connectivity index (χ3n) is 12.9. The molecule has 0 aromatic heterocycles. The fourth-order valence-corrected chi connectivity index (χ4v) is 10.1. The number of hydrogen-bond acceptors (Lipinski definition) is 8. The third-order valence-corrected chi connectivity index (χ3v) is 12.9. The van der Waals surface area contributed by atoms with Gasteiger partial charge in [-0.1, -0.05) is 121 Å². The van der Waals surface area contributed by atoms with Crippen LogP contribution in [0.5, 0.6) is 46.0 Å². The first kappa shape index (κ1) is 37.0. The lowest BCUT2D eigenvalue weighted by Gasteiger charge is -2.34. The first-order valence-corrected chi connectivity index (χ1v) is 21.1. The largest absolute Gasteiger partial charge is 0.507 e. The van der Waals surface area contributed by atoms with Gasteiger partial charge in [0.05, 0.1) is 0 Å². The molecular weight excluding hydrogens is 789 g/mol. The Morgan fingerprint density at radius 2 is 0.492 bits per heavy atom. The summed E-state index contributed by atoms with van der Waals surface area (Å²) >= 11 is 0. The minimum atomic E-state index is -0.629. The molecule has 8 nitrogen and oxygen atoms in total. The first-order chi connectivity index (χ1) is 31.1. The van der Waals surface area contributed by atoms with Gasteiger partial charge in [-0.25, -0.2) is 0 Å². The van der Waals surface area contributed by atoms with E-state index in [1.807, 2.05) is 97.1 Å². The Labute approximate surface area is 364 Å². The second-order valence-corrected chi connectivity index (χ2v) is 16.3. The van der Waals surface area contributed by atoms with Gasteiger partial charge in [-0.15, -0.1) is 0 Å². The van der Waals surface area contributed by atoms with Crippen molar-refractivity contribution < 1.29 is 38.6 Å².